The molecule has 1 aliphatic heterocycles. The summed E-state index contributed by atoms with van der Waals surface area (Å²) in [5, 5.41) is 14.2. The quantitative estimate of drug-likeness (QED) is 0.252. The summed E-state index contributed by atoms with van der Waals surface area (Å²) < 4.78 is 1.74. The maximum Gasteiger partial charge on any atom is 0.269 e. The predicted molar refractivity (Wildman–Crippen MR) is 153 cm³/mol. The molecule has 5 rings (SSSR count). The Kier molecular flexibility index (Phi) is 8.77. The van der Waals surface area contributed by atoms with Gasteiger partial charge in [0.1, 0.15) is 5.69 Å². The normalized spacial score (nSPS) is 14.1. The van der Waals surface area contributed by atoms with Crippen LogP contribution in [0.2, 0.25) is 0 Å². The van der Waals surface area contributed by atoms with Gasteiger partial charge in [0.05, 0.1) is 35.2 Å². The molecule has 1 saturated heterocycles. The first-order valence-electron chi connectivity index (χ1n) is 13.8. The smallest absolute Gasteiger partial charge is 0.269 e. The van der Waals surface area contributed by atoms with Gasteiger partial charge in [-0.3, -0.25) is 24.2 Å². The Balaban J connectivity index is 1.08. The highest BCUT2D eigenvalue weighted by Gasteiger charge is 2.19. The van der Waals surface area contributed by atoms with Gasteiger partial charge in [-0.1, -0.05) is 12.1 Å². The van der Waals surface area contributed by atoms with Gasteiger partial charge < -0.3 is 20.5 Å². The van der Waals surface area contributed by atoms with Crippen LogP contribution in [0, 0.1) is 0 Å². The van der Waals surface area contributed by atoms with Crippen molar-refractivity contribution in [3.63, 3.8) is 0 Å². The standard InChI is InChI=1S/C28H36N10O2/c1-3-21-15-25-26(33-27(21)39)14-20(16-31-25)18-36-10-12-37(13-11-36)23-4-5-24(32-17-23)28(40)30-8-9-38-19-22(34-35-38)6-7-29-2/h4-5,14-17,19,29H,3,6-13,18H2,1-2H3,(H,30,40)(H,33,39). The predicted octanol–water partition coefficient (Wildman–Crippen LogP) is 0.986. The Labute approximate surface area is 232 Å². The van der Waals surface area contributed by atoms with Gasteiger partial charge in [-0.15, -0.1) is 5.10 Å². The van der Waals surface area contributed by atoms with Crippen molar-refractivity contribution in [1.82, 2.24) is 45.5 Å². The summed E-state index contributed by atoms with van der Waals surface area (Å²) in [6.45, 7) is 8.09. The molecule has 0 saturated carbocycles. The van der Waals surface area contributed by atoms with Crippen LogP contribution in [-0.4, -0.2) is 87.1 Å². The highest BCUT2D eigenvalue weighted by Crippen LogP contribution is 2.18. The van der Waals surface area contributed by atoms with Gasteiger partial charge in [0, 0.05) is 70.2 Å². The van der Waals surface area contributed by atoms with Gasteiger partial charge in [-0.2, -0.15) is 0 Å². The van der Waals surface area contributed by atoms with Gasteiger partial charge in [0.2, 0.25) is 0 Å². The molecule has 0 atom stereocenters. The topological polar surface area (TPSA) is 137 Å². The molecule has 12 heteroatoms. The summed E-state index contributed by atoms with van der Waals surface area (Å²) in [4.78, 5) is 41.3. The zero-order chi connectivity index (χ0) is 27.9. The molecule has 5 heterocycles. The van der Waals surface area contributed by atoms with Crippen molar-refractivity contribution in [3.05, 3.63) is 75.7 Å². The summed E-state index contributed by atoms with van der Waals surface area (Å²) in [6.07, 6.45) is 7.07. The van der Waals surface area contributed by atoms with Crippen molar-refractivity contribution in [1.29, 1.82) is 0 Å². The van der Waals surface area contributed by atoms with E-state index in [4.69, 9.17) is 0 Å². The molecule has 40 heavy (non-hydrogen) atoms. The fraction of sp³-hybridized carbons (Fsp3) is 0.429. The monoisotopic (exact) mass is 544 g/mol. The molecule has 1 fully saturated rings. The molecule has 0 aliphatic carbocycles. The van der Waals surface area contributed by atoms with E-state index in [2.05, 4.69) is 45.7 Å². The number of H-pyrrole nitrogens is 1. The van der Waals surface area contributed by atoms with Crippen LogP contribution < -0.4 is 21.1 Å². The van der Waals surface area contributed by atoms with E-state index in [1.165, 1.54) is 0 Å². The number of aromatic nitrogens is 6. The van der Waals surface area contributed by atoms with Crippen LogP contribution in [-0.2, 0) is 25.9 Å². The molecule has 3 N–H and O–H groups in total. The van der Waals surface area contributed by atoms with E-state index in [0.29, 0.717) is 25.2 Å². The Morgan fingerprint density at radius 2 is 1.93 bits per heavy atom. The molecule has 210 valence electrons. The number of nitrogens with one attached hydrogen (secondary N) is 3. The van der Waals surface area contributed by atoms with Crippen molar-refractivity contribution in [2.45, 2.75) is 32.9 Å². The van der Waals surface area contributed by atoms with Crippen LogP contribution in [0.25, 0.3) is 11.0 Å². The van der Waals surface area contributed by atoms with Crippen LogP contribution in [0.5, 0.6) is 0 Å². The summed E-state index contributed by atoms with van der Waals surface area (Å²) in [5.74, 6) is -0.205. The van der Waals surface area contributed by atoms with Crippen molar-refractivity contribution in [2.24, 2.45) is 0 Å². The number of amides is 1. The summed E-state index contributed by atoms with van der Waals surface area (Å²) in [7, 11) is 1.90. The number of aromatic amines is 1. The van der Waals surface area contributed by atoms with Gasteiger partial charge >= 0.3 is 0 Å². The molecule has 0 spiro atoms. The minimum atomic E-state index is -0.205. The van der Waals surface area contributed by atoms with Gasteiger partial charge in [-0.25, -0.2) is 4.98 Å². The number of piperazine rings is 1. The second-order valence-electron chi connectivity index (χ2n) is 10.0. The van der Waals surface area contributed by atoms with E-state index in [0.717, 1.165) is 79.2 Å². The SMILES string of the molecule is CCc1cc2ncc(CN3CCN(c4ccc(C(=O)NCCn5cc(CCNC)nn5)nc4)CC3)cc2[nH]c1=O. The molecule has 4 aromatic rings. The number of carbonyl (C=O) groups is 1. The van der Waals surface area contributed by atoms with Crippen LogP contribution >= 0.6 is 0 Å². The van der Waals surface area contributed by atoms with Crippen molar-refractivity contribution in [2.75, 3.05) is 51.2 Å². The molecular formula is C28H36N10O2. The third-order valence-corrected chi connectivity index (χ3v) is 7.17. The average molecular weight is 545 g/mol. The zero-order valence-electron chi connectivity index (χ0n) is 23.1. The summed E-state index contributed by atoms with van der Waals surface area (Å²) >= 11 is 0. The number of pyridine rings is 3. The molecule has 4 aromatic heterocycles. The molecule has 0 radical (unpaired) electrons. The van der Waals surface area contributed by atoms with Gasteiger partial charge in [0.25, 0.3) is 11.5 Å². The second kappa shape index (κ2) is 12.8. The Morgan fingerprint density at radius 1 is 1.07 bits per heavy atom. The van der Waals surface area contributed by atoms with Crippen LogP contribution in [0.3, 0.4) is 0 Å². The van der Waals surface area contributed by atoms with Gasteiger partial charge in [0.15, 0.2) is 0 Å². The number of hydrogen-bond donors (Lipinski definition) is 3. The molecule has 1 aliphatic rings. The lowest BCUT2D eigenvalue weighted by Gasteiger charge is -2.36. The third-order valence-electron chi connectivity index (χ3n) is 7.17. The number of nitrogens with zero attached hydrogens (tertiary/aromatic N) is 7. The number of fused-ring (bicyclic) bond motifs is 1. The van der Waals surface area contributed by atoms with Crippen molar-refractivity contribution in [3.8, 4) is 0 Å². The number of carbonyl (C=O) groups excluding carboxylic acids is 1. The largest absolute Gasteiger partial charge is 0.368 e. The minimum Gasteiger partial charge on any atom is -0.368 e. The highest BCUT2D eigenvalue weighted by molar-refractivity contribution is 5.92. The molecule has 0 aromatic carbocycles. The lowest BCUT2D eigenvalue weighted by molar-refractivity contribution is 0.0947. The maximum atomic E-state index is 12.5. The van der Waals surface area contributed by atoms with E-state index >= 15 is 0 Å². The minimum absolute atomic E-state index is 0.0409. The first-order chi connectivity index (χ1) is 19.5. The first-order valence-corrected chi connectivity index (χ1v) is 13.8. The molecular weight excluding hydrogens is 508 g/mol. The Bertz CT molecular complexity index is 1490. The molecule has 0 unspecified atom stereocenters. The third kappa shape index (κ3) is 6.69. The lowest BCUT2D eigenvalue weighted by atomic mass is 10.1. The number of anilines is 1. The highest BCUT2D eigenvalue weighted by atomic mass is 16.2. The van der Waals surface area contributed by atoms with Gasteiger partial charge in [-0.05, 0) is 43.3 Å². The maximum absolute atomic E-state index is 12.5. The van der Waals surface area contributed by atoms with Crippen molar-refractivity contribution < 1.29 is 4.79 Å². The van der Waals surface area contributed by atoms with Crippen LogP contribution in [0.4, 0.5) is 5.69 Å². The second-order valence-corrected chi connectivity index (χ2v) is 10.0. The number of hydrogen-bond acceptors (Lipinski definition) is 9. The van der Waals surface area contributed by atoms with E-state index in [1.54, 1.807) is 16.9 Å². The molecule has 1 amide bonds. The Hall–Kier alpha value is -4.16. The molecule has 12 nitrogen and oxygen atoms in total. The van der Waals surface area contributed by atoms with Crippen molar-refractivity contribution >= 4 is 22.6 Å². The van der Waals surface area contributed by atoms with E-state index in [1.807, 2.05) is 44.6 Å². The first kappa shape index (κ1) is 27.4. The summed E-state index contributed by atoms with van der Waals surface area (Å²) in [5.41, 5.74) is 5.71. The fourth-order valence-corrected chi connectivity index (χ4v) is 4.84. The lowest BCUT2D eigenvalue weighted by Crippen LogP contribution is -2.46. The van der Waals surface area contributed by atoms with E-state index in [9.17, 15) is 9.59 Å². The van der Waals surface area contributed by atoms with Crippen LogP contribution in [0.15, 0.2) is 47.7 Å². The Morgan fingerprint density at radius 3 is 2.67 bits per heavy atom. The average Bonchev–Trinajstić information content (AvgIpc) is 3.43. The van der Waals surface area contributed by atoms with E-state index in [-0.39, 0.29) is 11.5 Å². The molecule has 0 bridgehead atoms. The number of aryl methyl sites for hydroxylation is 1. The van der Waals surface area contributed by atoms with Crippen LogP contribution in [0.1, 0.15) is 34.2 Å². The fourth-order valence-electron chi connectivity index (χ4n) is 4.84. The zero-order valence-corrected chi connectivity index (χ0v) is 23.1. The van der Waals surface area contributed by atoms with E-state index < -0.39 is 0 Å². The summed E-state index contributed by atoms with van der Waals surface area (Å²) in [6, 6.07) is 7.63. The number of rotatable bonds is 11. The number of likely N-dealkylation sites (N-methyl/N-ethyl adjacent to an activating group) is 1.